The third-order valence-electron chi connectivity index (χ3n) is 2.53. The number of aromatic nitrogens is 1. The van der Waals surface area contributed by atoms with Gasteiger partial charge >= 0.3 is 0 Å². The number of Topliss-reactive ketones (excluding diaryl/α,β-unsaturated/α-hetero) is 1. The lowest BCUT2D eigenvalue weighted by atomic mass is 10.0. The summed E-state index contributed by atoms with van der Waals surface area (Å²) in [6.45, 7) is 1.84. The van der Waals surface area contributed by atoms with Gasteiger partial charge in [0.1, 0.15) is 11.5 Å². The molecule has 0 N–H and O–H groups in total. The molecule has 1 aromatic heterocycles. The van der Waals surface area contributed by atoms with E-state index in [9.17, 15) is 9.18 Å². The number of benzene rings is 1. The van der Waals surface area contributed by atoms with E-state index in [1.807, 2.05) is 13.0 Å². The lowest BCUT2D eigenvalue weighted by molar-refractivity contribution is 0.0987. The van der Waals surface area contributed by atoms with Crippen LogP contribution in [0, 0.1) is 12.7 Å². The van der Waals surface area contributed by atoms with Gasteiger partial charge in [-0.3, -0.25) is 9.78 Å². The zero-order valence-electron chi connectivity index (χ0n) is 9.48. The monoisotopic (exact) mass is 229 g/mol. The molecule has 0 amide bonds. The maximum absolute atomic E-state index is 13.0. The molecule has 3 heteroatoms. The number of halogens is 1. The van der Waals surface area contributed by atoms with Crippen molar-refractivity contribution < 1.29 is 9.18 Å². The minimum absolute atomic E-state index is 0.0892. The number of aryl methyl sites for hydroxylation is 1. The van der Waals surface area contributed by atoms with Gasteiger partial charge < -0.3 is 0 Å². The fourth-order valence-corrected chi connectivity index (χ4v) is 1.69. The van der Waals surface area contributed by atoms with E-state index in [4.69, 9.17) is 0 Å². The molecular formula is C14H12FNO. The topological polar surface area (TPSA) is 30.0 Å². The molecule has 1 heterocycles. The van der Waals surface area contributed by atoms with Crippen LogP contribution < -0.4 is 0 Å². The van der Waals surface area contributed by atoms with Gasteiger partial charge in [-0.2, -0.15) is 0 Å². The average molecular weight is 229 g/mol. The molecule has 0 aliphatic carbocycles. The Morgan fingerprint density at radius 3 is 2.82 bits per heavy atom. The van der Waals surface area contributed by atoms with Crippen LogP contribution in [-0.4, -0.2) is 10.8 Å². The Morgan fingerprint density at radius 1 is 1.29 bits per heavy atom. The Labute approximate surface area is 99.1 Å². The first-order valence-corrected chi connectivity index (χ1v) is 5.36. The molecule has 0 unspecified atom stereocenters. The van der Waals surface area contributed by atoms with Crippen molar-refractivity contribution in [3.8, 4) is 0 Å². The Bertz CT molecular complexity index is 551. The van der Waals surface area contributed by atoms with Crippen LogP contribution in [0.4, 0.5) is 4.39 Å². The van der Waals surface area contributed by atoms with Gasteiger partial charge in [0.25, 0.3) is 0 Å². The van der Waals surface area contributed by atoms with Gasteiger partial charge in [0.05, 0.1) is 0 Å². The summed E-state index contributed by atoms with van der Waals surface area (Å²) in [7, 11) is 0. The molecule has 0 radical (unpaired) electrons. The number of pyridine rings is 1. The molecule has 1 aromatic carbocycles. The normalized spacial score (nSPS) is 10.2. The number of carbonyl (C=O) groups is 1. The van der Waals surface area contributed by atoms with Gasteiger partial charge in [0.2, 0.25) is 0 Å². The van der Waals surface area contributed by atoms with Crippen LogP contribution in [0.3, 0.4) is 0 Å². The maximum Gasteiger partial charge on any atom is 0.185 e. The Kier molecular flexibility index (Phi) is 3.28. The van der Waals surface area contributed by atoms with E-state index in [1.54, 1.807) is 24.4 Å². The number of ketones is 1. The molecule has 0 bridgehead atoms. The maximum atomic E-state index is 13.0. The fourth-order valence-electron chi connectivity index (χ4n) is 1.69. The highest BCUT2D eigenvalue weighted by Gasteiger charge is 2.11. The summed E-state index contributed by atoms with van der Waals surface area (Å²) >= 11 is 0. The summed E-state index contributed by atoms with van der Waals surface area (Å²) in [6, 6.07) is 9.69. The summed E-state index contributed by atoms with van der Waals surface area (Å²) in [5.41, 5.74) is 1.96. The SMILES string of the molecule is Cc1cccnc1C(=O)Cc1cccc(F)c1. The molecule has 0 saturated heterocycles. The van der Waals surface area contributed by atoms with Crippen molar-refractivity contribution in [1.82, 2.24) is 4.98 Å². The summed E-state index contributed by atoms with van der Waals surface area (Å²) < 4.78 is 13.0. The zero-order valence-corrected chi connectivity index (χ0v) is 9.48. The number of hydrogen-bond acceptors (Lipinski definition) is 2. The number of nitrogens with zero attached hydrogens (tertiary/aromatic N) is 1. The van der Waals surface area contributed by atoms with Crippen molar-refractivity contribution in [3.63, 3.8) is 0 Å². The van der Waals surface area contributed by atoms with E-state index >= 15 is 0 Å². The molecule has 0 fully saturated rings. The van der Waals surface area contributed by atoms with Crippen LogP contribution in [0.5, 0.6) is 0 Å². The van der Waals surface area contributed by atoms with Gasteiger partial charge in [-0.15, -0.1) is 0 Å². The van der Waals surface area contributed by atoms with Gasteiger partial charge in [-0.05, 0) is 36.2 Å². The molecule has 0 aliphatic rings. The second-order valence-corrected chi connectivity index (χ2v) is 3.90. The van der Waals surface area contributed by atoms with Crippen LogP contribution >= 0.6 is 0 Å². The lowest BCUT2D eigenvalue weighted by Crippen LogP contribution is -2.08. The molecule has 0 spiro atoms. The van der Waals surface area contributed by atoms with Crippen molar-refractivity contribution in [3.05, 3.63) is 65.2 Å². The smallest absolute Gasteiger partial charge is 0.185 e. The van der Waals surface area contributed by atoms with E-state index in [0.717, 1.165) is 5.56 Å². The first-order chi connectivity index (χ1) is 8.16. The highest BCUT2D eigenvalue weighted by Crippen LogP contribution is 2.10. The second-order valence-electron chi connectivity index (χ2n) is 3.90. The predicted octanol–water partition coefficient (Wildman–Crippen LogP) is 2.95. The first-order valence-electron chi connectivity index (χ1n) is 5.36. The molecule has 86 valence electrons. The summed E-state index contributed by atoms with van der Waals surface area (Å²) in [5, 5.41) is 0. The Morgan fingerprint density at radius 2 is 2.12 bits per heavy atom. The Hall–Kier alpha value is -2.03. The van der Waals surface area contributed by atoms with Crippen LogP contribution in [0.15, 0.2) is 42.6 Å². The highest BCUT2D eigenvalue weighted by atomic mass is 19.1. The molecule has 17 heavy (non-hydrogen) atoms. The lowest BCUT2D eigenvalue weighted by Gasteiger charge is -2.03. The molecular weight excluding hydrogens is 217 g/mol. The van der Waals surface area contributed by atoms with Crippen molar-refractivity contribution >= 4 is 5.78 Å². The van der Waals surface area contributed by atoms with E-state index in [1.165, 1.54) is 12.1 Å². The highest BCUT2D eigenvalue weighted by molar-refractivity contribution is 5.96. The van der Waals surface area contributed by atoms with E-state index < -0.39 is 0 Å². The average Bonchev–Trinajstić information content (AvgIpc) is 2.29. The second kappa shape index (κ2) is 4.87. The van der Waals surface area contributed by atoms with Crippen LogP contribution in [0.25, 0.3) is 0 Å². The summed E-state index contributed by atoms with van der Waals surface area (Å²) in [6.07, 6.45) is 1.77. The number of rotatable bonds is 3. The van der Waals surface area contributed by atoms with Gasteiger partial charge in [-0.1, -0.05) is 18.2 Å². The van der Waals surface area contributed by atoms with E-state index in [-0.39, 0.29) is 18.0 Å². The van der Waals surface area contributed by atoms with Crippen molar-refractivity contribution in [2.45, 2.75) is 13.3 Å². The van der Waals surface area contributed by atoms with E-state index in [0.29, 0.717) is 11.3 Å². The summed E-state index contributed by atoms with van der Waals surface area (Å²) in [5.74, 6) is -0.415. The molecule has 0 aliphatic heterocycles. The zero-order chi connectivity index (χ0) is 12.3. The van der Waals surface area contributed by atoms with Crippen LogP contribution in [-0.2, 0) is 6.42 Å². The van der Waals surface area contributed by atoms with Crippen molar-refractivity contribution in [2.24, 2.45) is 0 Å². The molecule has 0 atom stereocenters. The van der Waals surface area contributed by atoms with Crippen molar-refractivity contribution in [2.75, 3.05) is 0 Å². The van der Waals surface area contributed by atoms with Gasteiger partial charge in [0.15, 0.2) is 5.78 Å². The minimum atomic E-state index is -0.326. The van der Waals surface area contributed by atoms with Crippen LogP contribution in [0.2, 0.25) is 0 Å². The fraction of sp³-hybridized carbons (Fsp3) is 0.143. The summed E-state index contributed by atoms with van der Waals surface area (Å²) in [4.78, 5) is 16.0. The third kappa shape index (κ3) is 2.75. The van der Waals surface area contributed by atoms with Crippen LogP contribution in [0.1, 0.15) is 21.6 Å². The van der Waals surface area contributed by atoms with Gasteiger partial charge in [-0.25, -0.2) is 4.39 Å². The standard InChI is InChI=1S/C14H12FNO/c1-10-4-3-7-16-14(10)13(17)9-11-5-2-6-12(15)8-11/h2-8H,9H2,1H3. The predicted molar refractivity (Wildman–Crippen MR) is 63.4 cm³/mol. The largest absolute Gasteiger partial charge is 0.292 e. The quantitative estimate of drug-likeness (QED) is 0.757. The number of hydrogen-bond donors (Lipinski definition) is 0. The van der Waals surface area contributed by atoms with Gasteiger partial charge in [0, 0.05) is 12.6 Å². The minimum Gasteiger partial charge on any atom is -0.292 e. The first kappa shape index (κ1) is 11.5. The Balaban J connectivity index is 2.20. The van der Waals surface area contributed by atoms with Crippen molar-refractivity contribution in [1.29, 1.82) is 0 Å². The molecule has 2 nitrogen and oxygen atoms in total. The van der Waals surface area contributed by atoms with E-state index in [2.05, 4.69) is 4.98 Å². The molecule has 0 saturated carbocycles. The molecule has 2 rings (SSSR count). The molecule has 2 aromatic rings. The number of carbonyl (C=O) groups excluding carboxylic acids is 1. The third-order valence-corrected chi connectivity index (χ3v) is 2.53.